The van der Waals surface area contributed by atoms with E-state index in [1.165, 1.54) is 61.0 Å². The van der Waals surface area contributed by atoms with Gasteiger partial charge in [-0.3, -0.25) is 4.40 Å². The van der Waals surface area contributed by atoms with Gasteiger partial charge in [-0.15, -0.1) is 0 Å². The zero-order valence-corrected chi connectivity index (χ0v) is 24.9. The zero-order chi connectivity index (χ0) is 30.2. The molecular formula is C43H27N3. The van der Waals surface area contributed by atoms with Crippen LogP contribution in [0.1, 0.15) is 0 Å². The number of hydrogen-bond donors (Lipinski definition) is 0. The molecule has 0 unspecified atom stereocenters. The first-order valence-electron chi connectivity index (χ1n) is 15.7. The summed E-state index contributed by atoms with van der Waals surface area (Å²) in [6, 6.07) is 59.2. The lowest BCUT2D eigenvalue weighted by Crippen LogP contribution is -2.10. The van der Waals surface area contributed by atoms with Gasteiger partial charge in [-0.05, 0) is 82.2 Å². The fourth-order valence-corrected chi connectivity index (χ4v) is 7.45. The van der Waals surface area contributed by atoms with Gasteiger partial charge in [0.15, 0.2) is 0 Å². The lowest BCUT2D eigenvalue weighted by Gasteiger charge is -2.27. The Morgan fingerprint density at radius 1 is 0.391 bits per heavy atom. The highest BCUT2D eigenvalue weighted by atomic mass is 15.1. The van der Waals surface area contributed by atoms with Gasteiger partial charge >= 0.3 is 0 Å². The minimum atomic E-state index is 1.00. The zero-order valence-electron chi connectivity index (χ0n) is 24.9. The molecule has 3 nitrogen and oxygen atoms in total. The molecule has 1 aliphatic rings. The lowest BCUT2D eigenvalue weighted by atomic mass is 9.90. The molecule has 0 radical (unpaired) electrons. The molecule has 1 aliphatic heterocycles. The van der Waals surface area contributed by atoms with Crippen LogP contribution >= 0.6 is 0 Å². The van der Waals surface area contributed by atoms with Crippen molar-refractivity contribution in [2.45, 2.75) is 0 Å². The van der Waals surface area contributed by atoms with E-state index >= 15 is 0 Å². The van der Waals surface area contributed by atoms with Crippen LogP contribution in [0.15, 0.2) is 164 Å². The molecule has 0 fully saturated rings. The summed E-state index contributed by atoms with van der Waals surface area (Å²) in [6.07, 6.45) is 0. The average Bonchev–Trinajstić information content (AvgIpc) is 3.47. The molecule has 7 aromatic carbocycles. The summed E-state index contributed by atoms with van der Waals surface area (Å²) in [5.41, 5.74) is 15.1. The Bertz CT molecular complexity index is 2650. The van der Waals surface area contributed by atoms with Gasteiger partial charge in [0.05, 0.1) is 27.9 Å². The second-order valence-electron chi connectivity index (χ2n) is 12.0. The predicted molar refractivity (Wildman–Crippen MR) is 192 cm³/mol. The van der Waals surface area contributed by atoms with Crippen molar-refractivity contribution in [2.24, 2.45) is 0 Å². The molecule has 0 spiro atoms. The molecule has 46 heavy (non-hydrogen) atoms. The third-order valence-corrected chi connectivity index (χ3v) is 9.49. The van der Waals surface area contributed by atoms with E-state index in [0.717, 1.165) is 27.8 Å². The molecule has 214 valence electrons. The van der Waals surface area contributed by atoms with Gasteiger partial charge < -0.3 is 4.90 Å². The van der Waals surface area contributed by atoms with Crippen molar-refractivity contribution < 1.29 is 0 Å². The normalized spacial score (nSPS) is 12.3. The van der Waals surface area contributed by atoms with Gasteiger partial charge in [0.25, 0.3) is 0 Å². The van der Waals surface area contributed by atoms with Crippen molar-refractivity contribution in [1.82, 2.24) is 9.38 Å². The van der Waals surface area contributed by atoms with Crippen LogP contribution < -0.4 is 4.90 Å². The highest BCUT2D eigenvalue weighted by Crippen LogP contribution is 2.51. The first kappa shape index (κ1) is 25.2. The van der Waals surface area contributed by atoms with E-state index in [1.54, 1.807) is 0 Å². The van der Waals surface area contributed by atoms with Crippen molar-refractivity contribution in [2.75, 3.05) is 4.90 Å². The number of para-hydroxylation sites is 5. The summed E-state index contributed by atoms with van der Waals surface area (Å²) in [4.78, 5) is 7.45. The maximum Gasteiger partial charge on any atom is 0.146 e. The number of benzene rings is 7. The first-order chi connectivity index (χ1) is 22.8. The number of nitrogens with zero attached hydrogens (tertiary/aromatic N) is 3. The second-order valence-corrected chi connectivity index (χ2v) is 12.0. The molecule has 10 rings (SSSR count). The summed E-state index contributed by atoms with van der Waals surface area (Å²) in [7, 11) is 0. The third-order valence-electron chi connectivity index (χ3n) is 9.49. The molecule has 9 aromatic rings. The van der Waals surface area contributed by atoms with Crippen molar-refractivity contribution in [1.29, 1.82) is 0 Å². The fourth-order valence-electron chi connectivity index (χ4n) is 7.45. The molecule has 0 aliphatic carbocycles. The van der Waals surface area contributed by atoms with Gasteiger partial charge in [0.1, 0.15) is 5.65 Å². The maximum atomic E-state index is 5.06. The molecule has 3 heterocycles. The van der Waals surface area contributed by atoms with Crippen LogP contribution in [-0.4, -0.2) is 9.38 Å². The molecule has 0 bridgehead atoms. The molecule has 0 N–H and O–H groups in total. The topological polar surface area (TPSA) is 20.5 Å². The lowest BCUT2D eigenvalue weighted by molar-refractivity contribution is 1.29. The van der Waals surface area contributed by atoms with Crippen LogP contribution in [0.5, 0.6) is 0 Å². The van der Waals surface area contributed by atoms with Gasteiger partial charge in [-0.25, -0.2) is 4.98 Å². The van der Waals surface area contributed by atoms with Gasteiger partial charge in [0.2, 0.25) is 0 Å². The maximum absolute atomic E-state index is 5.06. The van der Waals surface area contributed by atoms with E-state index in [4.69, 9.17) is 4.98 Å². The standard InChI is InChI=1S/C43H27N3/c1-2-12-30(13-3-1)45-39-19-9-6-15-33(39)32-24-22-28(26-36(32)34-16-7-10-20-40(34)45)29-23-25-41-37(27-29)31-14-4-5-17-35(31)43-44-38-18-8-11-21-42(38)46(41)43/h1-27H. The van der Waals surface area contributed by atoms with Crippen LogP contribution in [0, 0.1) is 0 Å². The van der Waals surface area contributed by atoms with Crippen molar-refractivity contribution in [3.63, 3.8) is 0 Å². The Labute approximate surface area is 266 Å². The van der Waals surface area contributed by atoms with Crippen molar-refractivity contribution in [3.05, 3.63) is 164 Å². The van der Waals surface area contributed by atoms with Crippen LogP contribution in [0.4, 0.5) is 17.1 Å². The highest BCUT2D eigenvalue weighted by Gasteiger charge is 2.26. The number of imidazole rings is 1. The second kappa shape index (κ2) is 9.65. The predicted octanol–water partition coefficient (Wildman–Crippen LogP) is 11.6. The van der Waals surface area contributed by atoms with Gasteiger partial charge in [-0.2, -0.15) is 0 Å². The number of hydrogen-bond acceptors (Lipinski definition) is 2. The van der Waals surface area contributed by atoms with Crippen LogP contribution in [0.2, 0.25) is 0 Å². The number of rotatable bonds is 2. The van der Waals surface area contributed by atoms with Crippen LogP contribution in [0.3, 0.4) is 0 Å². The van der Waals surface area contributed by atoms with Crippen molar-refractivity contribution in [3.8, 4) is 33.4 Å². The number of aromatic nitrogens is 2. The molecule has 2 aromatic heterocycles. The van der Waals surface area contributed by atoms with E-state index in [9.17, 15) is 0 Å². The number of fused-ring (bicyclic) bond motifs is 13. The third kappa shape index (κ3) is 3.57. The smallest absolute Gasteiger partial charge is 0.146 e. The number of pyridine rings is 1. The molecule has 0 saturated heterocycles. The van der Waals surface area contributed by atoms with Crippen LogP contribution in [-0.2, 0) is 0 Å². The molecule has 0 saturated carbocycles. The largest absolute Gasteiger partial charge is 0.309 e. The summed E-state index contributed by atoms with van der Waals surface area (Å²) < 4.78 is 2.32. The Kier molecular flexibility index (Phi) is 5.28. The summed E-state index contributed by atoms with van der Waals surface area (Å²) in [5.74, 6) is 0. The minimum absolute atomic E-state index is 1.00. The fraction of sp³-hybridized carbons (Fsp3) is 0. The first-order valence-corrected chi connectivity index (χ1v) is 15.7. The Balaban J connectivity index is 1.23. The number of anilines is 3. The van der Waals surface area contributed by atoms with E-state index in [0.29, 0.717) is 0 Å². The average molecular weight is 586 g/mol. The van der Waals surface area contributed by atoms with Gasteiger partial charge in [0, 0.05) is 27.6 Å². The molecule has 3 heteroatoms. The van der Waals surface area contributed by atoms with Crippen molar-refractivity contribution >= 4 is 55.4 Å². The highest BCUT2D eigenvalue weighted by molar-refractivity contribution is 6.14. The summed E-state index contributed by atoms with van der Waals surface area (Å²) >= 11 is 0. The summed E-state index contributed by atoms with van der Waals surface area (Å²) in [5, 5.41) is 3.60. The Morgan fingerprint density at radius 2 is 1.02 bits per heavy atom. The molecular weight excluding hydrogens is 558 g/mol. The SMILES string of the molecule is c1ccc(N2c3ccccc3-c3ccc(-c4ccc5c(c4)c4ccccc4c4nc6ccccc6n54)cc3-c3ccccc32)cc1. The monoisotopic (exact) mass is 585 g/mol. The van der Waals surface area contributed by atoms with E-state index in [-0.39, 0.29) is 0 Å². The quantitative estimate of drug-likeness (QED) is 0.188. The van der Waals surface area contributed by atoms with E-state index < -0.39 is 0 Å². The Morgan fingerprint density at radius 3 is 1.85 bits per heavy atom. The molecule has 0 atom stereocenters. The Hall–Kier alpha value is -6.19. The van der Waals surface area contributed by atoms with E-state index in [2.05, 4.69) is 173 Å². The van der Waals surface area contributed by atoms with Crippen LogP contribution in [0.25, 0.3) is 71.7 Å². The molecule has 0 amide bonds. The van der Waals surface area contributed by atoms with Gasteiger partial charge in [-0.1, -0.05) is 109 Å². The minimum Gasteiger partial charge on any atom is -0.309 e. The summed E-state index contributed by atoms with van der Waals surface area (Å²) in [6.45, 7) is 0. The van der Waals surface area contributed by atoms with E-state index in [1.807, 2.05) is 0 Å².